The van der Waals surface area contributed by atoms with Crippen molar-refractivity contribution in [2.75, 3.05) is 12.4 Å². The first-order chi connectivity index (χ1) is 6.72. The Morgan fingerprint density at radius 1 is 1.64 bits per heavy atom. The molecule has 0 bridgehead atoms. The summed E-state index contributed by atoms with van der Waals surface area (Å²) in [5.74, 6) is 1.10. The SMILES string of the molecule is CC(CCO)SCCc1cnn(C)c1. The third-order valence-corrected chi connectivity index (χ3v) is 3.33. The summed E-state index contributed by atoms with van der Waals surface area (Å²) in [4.78, 5) is 0. The van der Waals surface area contributed by atoms with E-state index in [9.17, 15) is 0 Å². The summed E-state index contributed by atoms with van der Waals surface area (Å²) in [7, 11) is 1.94. The van der Waals surface area contributed by atoms with Gasteiger partial charge in [-0.1, -0.05) is 6.92 Å². The topological polar surface area (TPSA) is 38.1 Å². The van der Waals surface area contributed by atoms with Crippen LogP contribution in [0.1, 0.15) is 18.9 Å². The molecule has 0 aliphatic rings. The van der Waals surface area contributed by atoms with Crippen LogP contribution in [-0.2, 0) is 13.5 Å². The maximum absolute atomic E-state index is 8.73. The Labute approximate surface area is 89.5 Å². The molecule has 80 valence electrons. The van der Waals surface area contributed by atoms with Crippen molar-refractivity contribution in [3.8, 4) is 0 Å². The van der Waals surface area contributed by atoms with Crippen molar-refractivity contribution in [3.05, 3.63) is 18.0 Å². The third-order valence-electron chi connectivity index (χ3n) is 2.09. The van der Waals surface area contributed by atoms with E-state index in [1.807, 2.05) is 29.7 Å². The fourth-order valence-corrected chi connectivity index (χ4v) is 2.27. The second-order valence-electron chi connectivity index (χ2n) is 3.47. The lowest BCUT2D eigenvalue weighted by molar-refractivity contribution is 0.289. The van der Waals surface area contributed by atoms with E-state index in [0.29, 0.717) is 11.9 Å². The van der Waals surface area contributed by atoms with E-state index in [1.54, 1.807) is 0 Å². The first-order valence-electron chi connectivity index (χ1n) is 4.92. The van der Waals surface area contributed by atoms with Crippen LogP contribution in [0, 0.1) is 0 Å². The minimum absolute atomic E-state index is 0.293. The van der Waals surface area contributed by atoms with Crippen LogP contribution in [0.4, 0.5) is 0 Å². The van der Waals surface area contributed by atoms with Gasteiger partial charge >= 0.3 is 0 Å². The highest BCUT2D eigenvalue weighted by molar-refractivity contribution is 7.99. The van der Waals surface area contributed by atoms with Gasteiger partial charge in [-0.05, 0) is 24.2 Å². The van der Waals surface area contributed by atoms with Gasteiger partial charge < -0.3 is 5.11 Å². The molecule has 1 rings (SSSR count). The second-order valence-corrected chi connectivity index (χ2v) is 5.01. The molecular formula is C10H18N2OS. The first-order valence-corrected chi connectivity index (χ1v) is 5.97. The molecule has 1 atom stereocenters. The lowest BCUT2D eigenvalue weighted by Crippen LogP contribution is -2.01. The maximum atomic E-state index is 8.73. The molecule has 1 N–H and O–H groups in total. The molecule has 1 unspecified atom stereocenters. The zero-order valence-corrected chi connectivity index (χ0v) is 9.63. The van der Waals surface area contributed by atoms with Crippen molar-refractivity contribution in [1.29, 1.82) is 0 Å². The average Bonchev–Trinajstić information content (AvgIpc) is 2.52. The average molecular weight is 214 g/mol. The lowest BCUT2D eigenvalue weighted by atomic mass is 10.3. The number of aromatic nitrogens is 2. The molecule has 0 spiro atoms. The highest BCUT2D eigenvalue weighted by Crippen LogP contribution is 2.15. The Bertz CT molecular complexity index is 262. The van der Waals surface area contributed by atoms with Crippen molar-refractivity contribution < 1.29 is 5.11 Å². The van der Waals surface area contributed by atoms with Crippen LogP contribution in [0.15, 0.2) is 12.4 Å². The smallest absolute Gasteiger partial charge is 0.0521 e. The minimum atomic E-state index is 0.293. The fraction of sp³-hybridized carbons (Fsp3) is 0.700. The molecule has 1 heterocycles. The van der Waals surface area contributed by atoms with Crippen molar-refractivity contribution in [1.82, 2.24) is 9.78 Å². The zero-order valence-electron chi connectivity index (χ0n) is 8.81. The van der Waals surface area contributed by atoms with Crippen LogP contribution in [0.2, 0.25) is 0 Å². The highest BCUT2D eigenvalue weighted by atomic mass is 32.2. The molecule has 0 aliphatic heterocycles. The standard InChI is InChI=1S/C10H18N2OS/c1-9(3-5-13)14-6-4-10-7-11-12(2)8-10/h7-9,13H,3-6H2,1-2H3. The van der Waals surface area contributed by atoms with E-state index < -0.39 is 0 Å². The van der Waals surface area contributed by atoms with Crippen LogP contribution in [0.3, 0.4) is 0 Å². The maximum Gasteiger partial charge on any atom is 0.0521 e. The number of hydrogen-bond acceptors (Lipinski definition) is 3. The Hall–Kier alpha value is -0.480. The van der Waals surface area contributed by atoms with E-state index >= 15 is 0 Å². The van der Waals surface area contributed by atoms with Crippen LogP contribution >= 0.6 is 11.8 Å². The number of aryl methyl sites for hydroxylation is 2. The molecule has 0 aromatic carbocycles. The van der Waals surface area contributed by atoms with E-state index in [4.69, 9.17) is 5.11 Å². The minimum Gasteiger partial charge on any atom is -0.396 e. The summed E-state index contributed by atoms with van der Waals surface area (Å²) in [5, 5.41) is 13.4. The summed E-state index contributed by atoms with van der Waals surface area (Å²) in [5.41, 5.74) is 1.29. The second kappa shape index (κ2) is 6.09. The van der Waals surface area contributed by atoms with Gasteiger partial charge in [0, 0.05) is 25.1 Å². The third kappa shape index (κ3) is 4.15. The molecular weight excluding hydrogens is 196 g/mol. The number of hydrogen-bond donors (Lipinski definition) is 1. The largest absolute Gasteiger partial charge is 0.396 e. The quantitative estimate of drug-likeness (QED) is 0.779. The molecule has 0 amide bonds. The van der Waals surface area contributed by atoms with Crippen LogP contribution in [0.5, 0.6) is 0 Å². The normalized spacial score (nSPS) is 13.1. The molecule has 0 radical (unpaired) electrons. The summed E-state index contributed by atoms with van der Waals surface area (Å²) in [6.07, 6.45) is 5.92. The predicted octanol–water partition coefficient (Wildman–Crippen LogP) is 1.47. The number of aliphatic hydroxyl groups is 1. The molecule has 1 aromatic rings. The predicted molar refractivity (Wildman–Crippen MR) is 60.5 cm³/mol. The van der Waals surface area contributed by atoms with Gasteiger partial charge in [0.15, 0.2) is 0 Å². The molecule has 0 saturated heterocycles. The number of thioether (sulfide) groups is 1. The van der Waals surface area contributed by atoms with Crippen LogP contribution in [-0.4, -0.2) is 32.5 Å². The van der Waals surface area contributed by atoms with Gasteiger partial charge in [0.1, 0.15) is 0 Å². The van der Waals surface area contributed by atoms with E-state index in [0.717, 1.165) is 18.6 Å². The first kappa shape index (κ1) is 11.6. The molecule has 0 fully saturated rings. The fourth-order valence-electron chi connectivity index (χ4n) is 1.24. The van der Waals surface area contributed by atoms with Crippen LogP contribution < -0.4 is 0 Å². The van der Waals surface area contributed by atoms with Gasteiger partial charge in [-0.15, -0.1) is 0 Å². The van der Waals surface area contributed by atoms with Gasteiger partial charge in [0.2, 0.25) is 0 Å². The monoisotopic (exact) mass is 214 g/mol. The van der Waals surface area contributed by atoms with Gasteiger partial charge in [0.05, 0.1) is 6.20 Å². The Morgan fingerprint density at radius 3 is 3.00 bits per heavy atom. The number of rotatable bonds is 6. The lowest BCUT2D eigenvalue weighted by Gasteiger charge is -2.07. The summed E-state index contributed by atoms with van der Waals surface area (Å²) in [6.45, 7) is 2.45. The van der Waals surface area contributed by atoms with Crippen molar-refractivity contribution >= 4 is 11.8 Å². The van der Waals surface area contributed by atoms with Crippen LogP contribution in [0.25, 0.3) is 0 Å². The van der Waals surface area contributed by atoms with Gasteiger partial charge in [0.25, 0.3) is 0 Å². The summed E-state index contributed by atoms with van der Waals surface area (Å²) >= 11 is 1.91. The van der Waals surface area contributed by atoms with Gasteiger partial charge in [-0.3, -0.25) is 4.68 Å². The summed E-state index contributed by atoms with van der Waals surface area (Å²) in [6, 6.07) is 0. The van der Waals surface area contributed by atoms with Gasteiger partial charge in [-0.25, -0.2) is 0 Å². The summed E-state index contributed by atoms with van der Waals surface area (Å²) < 4.78 is 1.83. The Kier molecular flexibility index (Phi) is 5.04. The molecule has 3 nitrogen and oxygen atoms in total. The van der Waals surface area contributed by atoms with Crippen molar-refractivity contribution in [2.45, 2.75) is 25.0 Å². The zero-order chi connectivity index (χ0) is 10.4. The van der Waals surface area contributed by atoms with Crippen molar-refractivity contribution in [2.24, 2.45) is 7.05 Å². The molecule has 1 aromatic heterocycles. The van der Waals surface area contributed by atoms with E-state index in [1.165, 1.54) is 5.56 Å². The number of nitrogens with zero attached hydrogens (tertiary/aromatic N) is 2. The molecule has 0 saturated carbocycles. The molecule has 14 heavy (non-hydrogen) atoms. The highest BCUT2D eigenvalue weighted by Gasteiger charge is 2.02. The van der Waals surface area contributed by atoms with Crippen molar-refractivity contribution in [3.63, 3.8) is 0 Å². The van der Waals surface area contributed by atoms with E-state index in [-0.39, 0.29) is 0 Å². The number of aliphatic hydroxyl groups excluding tert-OH is 1. The van der Waals surface area contributed by atoms with E-state index in [2.05, 4.69) is 18.2 Å². The molecule has 4 heteroatoms. The Morgan fingerprint density at radius 2 is 2.43 bits per heavy atom. The Balaban J connectivity index is 2.15. The molecule has 0 aliphatic carbocycles. The van der Waals surface area contributed by atoms with Gasteiger partial charge in [-0.2, -0.15) is 16.9 Å².